The maximum atomic E-state index is 9.64. The number of rotatable bonds is 3. The van der Waals surface area contributed by atoms with Crippen LogP contribution in [0.1, 0.15) is 11.7 Å². The van der Waals surface area contributed by atoms with Crippen molar-refractivity contribution in [2.24, 2.45) is 0 Å². The molecule has 1 N–H and O–H groups in total. The Balaban J connectivity index is 2.88. The van der Waals surface area contributed by atoms with E-state index in [-0.39, 0.29) is 0 Å². The van der Waals surface area contributed by atoms with Gasteiger partial charge >= 0.3 is 0 Å². The van der Waals surface area contributed by atoms with Crippen LogP contribution in [0.25, 0.3) is 0 Å². The lowest BCUT2D eigenvalue weighted by molar-refractivity contribution is 0.204. The summed E-state index contributed by atoms with van der Waals surface area (Å²) in [6.45, 7) is 0. The van der Waals surface area contributed by atoms with Gasteiger partial charge in [0.15, 0.2) is 0 Å². The lowest BCUT2D eigenvalue weighted by atomic mass is 10.1. The van der Waals surface area contributed by atoms with Crippen LogP contribution in [-0.2, 0) is 0 Å². The molecular formula is C9H10Cl2OS. The number of hydrogen-bond donors (Lipinski definition) is 1. The highest BCUT2D eigenvalue weighted by Crippen LogP contribution is 2.27. The first-order chi connectivity index (χ1) is 6.15. The summed E-state index contributed by atoms with van der Waals surface area (Å²) in [6.07, 6.45) is 1.42. The van der Waals surface area contributed by atoms with Gasteiger partial charge in [-0.05, 0) is 18.4 Å². The summed E-state index contributed by atoms with van der Waals surface area (Å²) < 4.78 is 0. The highest BCUT2D eigenvalue weighted by molar-refractivity contribution is 7.98. The van der Waals surface area contributed by atoms with E-state index in [1.165, 1.54) is 0 Å². The Kier molecular flexibility index (Phi) is 4.39. The first-order valence-corrected chi connectivity index (χ1v) is 5.92. The second-order valence-corrected chi connectivity index (χ2v) is 4.39. The van der Waals surface area contributed by atoms with E-state index in [1.807, 2.05) is 6.26 Å². The van der Waals surface area contributed by atoms with Gasteiger partial charge in [-0.2, -0.15) is 11.8 Å². The van der Waals surface area contributed by atoms with Crippen LogP contribution in [-0.4, -0.2) is 17.1 Å². The van der Waals surface area contributed by atoms with Crippen molar-refractivity contribution in [3.8, 4) is 0 Å². The number of hydrogen-bond acceptors (Lipinski definition) is 2. The van der Waals surface area contributed by atoms with Gasteiger partial charge in [0.25, 0.3) is 0 Å². The van der Waals surface area contributed by atoms with Crippen molar-refractivity contribution in [1.82, 2.24) is 0 Å². The first-order valence-electron chi connectivity index (χ1n) is 3.77. The van der Waals surface area contributed by atoms with E-state index in [1.54, 1.807) is 30.0 Å². The number of aliphatic hydroxyl groups excluding tert-OH is 1. The average Bonchev–Trinajstić information content (AvgIpc) is 2.04. The second-order valence-electron chi connectivity index (χ2n) is 2.64. The Hall–Kier alpha value is 0.110. The fourth-order valence-corrected chi connectivity index (χ4v) is 2.05. The predicted molar refractivity (Wildman–Crippen MR) is 59.8 cm³/mol. The van der Waals surface area contributed by atoms with Crippen molar-refractivity contribution in [2.75, 3.05) is 12.0 Å². The zero-order chi connectivity index (χ0) is 9.84. The minimum atomic E-state index is -0.514. The van der Waals surface area contributed by atoms with E-state index in [0.717, 1.165) is 5.56 Å². The fourth-order valence-electron chi connectivity index (χ4n) is 1.02. The molecule has 0 fully saturated rings. The normalized spacial score (nSPS) is 12.9. The average molecular weight is 237 g/mol. The van der Waals surface area contributed by atoms with Crippen LogP contribution in [0.2, 0.25) is 10.0 Å². The van der Waals surface area contributed by atoms with Crippen LogP contribution in [0.15, 0.2) is 18.2 Å². The van der Waals surface area contributed by atoms with Gasteiger partial charge in [-0.25, -0.2) is 0 Å². The summed E-state index contributed by atoms with van der Waals surface area (Å²) in [6, 6.07) is 5.12. The maximum Gasteiger partial charge on any atom is 0.0894 e. The molecule has 13 heavy (non-hydrogen) atoms. The van der Waals surface area contributed by atoms with Gasteiger partial charge in [0.2, 0.25) is 0 Å². The van der Waals surface area contributed by atoms with Gasteiger partial charge in [0.05, 0.1) is 6.10 Å². The molecule has 1 nitrogen and oxygen atoms in total. The number of halogens is 2. The molecule has 1 atom stereocenters. The lowest BCUT2D eigenvalue weighted by Gasteiger charge is -2.10. The largest absolute Gasteiger partial charge is 0.387 e. The van der Waals surface area contributed by atoms with E-state index < -0.39 is 6.10 Å². The van der Waals surface area contributed by atoms with Gasteiger partial charge in [0, 0.05) is 21.4 Å². The van der Waals surface area contributed by atoms with Crippen molar-refractivity contribution in [2.45, 2.75) is 6.10 Å². The minimum absolute atomic E-state index is 0.514. The van der Waals surface area contributed by atoms with Crippen LogP contribution in [0.5, 0.6) is 0 Å². The summed E-state index contributed by atoms with van der Waals surface area (Å²) in [5, 5.41) is 10.8. The Morgan fingerprint density at radius 1 is 1.46 bits per heavy atom. The molecule has 0 radical (unpaired) electrons. The summed E-state index contributed by atoms with van der Waals surface area (Å²) >= 11 is 13.2. The van der Waals surface area contributed by atoms with Gasteiger partial charge < -0.3 is 5.11 Å². The Morgan fingerprint density at radius 2 is 2.15 bits per heavy atom. The fraction of sp³-hybridized carbons (Fsp3) is 0.333. The standard InChI is InChI=1S/C9H10Cl2OS/c1-13-5-9(12)7-3-2-6(10)4-8(7)11/h2-4,9,12H,5H2,1H3. The molecule has 0 aliphatic carbocycles. The molecule has 72 valence electrons. The van der Waals surface area contributed by atoms with Crippen LogP contribution in [0.4, 0.5) is 0 Å². The van der Waals surface area contributed by atoms with E-state index in [0.29, 0.717) is 15.8 Å². The highest BCUT2D eigenvalue weighted by atomic mass is 35.5. The number of benzene rings is 1. The van der Waals surface area contributed by atoms with Crippen molar-refractivity contribution >= 4 is 35.0 Å². The molecule has 0 amide bonds. The zero-order valence-corrected chi connectivity index (χ0v) is 9.46. The third-order valence-corrected chi connectivity index (χ3v) is 2.86. The van der Waals surface area contributed by atoms with Crippen LogP contribution in [0, 0.1) is 0 Å². The van der Waals surface area contributed by atoms with Crippen molar-refractivity contribution in [3.05, 3.63) is 33.8 Å². The van der Waals surface area contributed by atoms with Crippen LogP contribution < -0.4 is 0 Å². The molecule has 0 aliphatic heterocycles. The molecular weight excluding hydrogens is 227 g/mol. The van der Waals surface area contributed by atoms with Crippen molar-refractivity contribution in [3.63, 3.8) is 0 Å². The number of thioether (sulfide) groups is 1. The summed E-state index contributed by atoms with van der Waals surface area (Å²) in [5.74, 6) is 0.640. The zero-order valence-electron chi connectivity index (χ0n) is 7.13. The molecule has 0 saturated heterocycles. The first kappa shape index (κ1) is 11.2. The molecule has 0 aromatic heterocycles. The molecule has 0 aliphatic rings. The smallest absolute Gasteiger partial charge is 0.0894 e. The second kappa shape index (κ2) is 5.11. The van der Waals surface area contributed by atoms with E-state index in [4.69, 9.17) is 23.2 Å². The van der Waals surface area contributed by atoms with Crippen LogP contribution >= 0.6 is 35.0 Å². The Morgan fingerprint density at radius 3 is 2.69 bits per heavy atom. The third-order valence-electron chi connectivity index (χ3n) is 1.65. The van der Waals surface area contributed by atoms with Crippen molar-refractivity contribution < 1.29 is 5.11 Å². The van der Waals surface area contributed by atoms with E-state index in [9.17, 15) is 5.11 Å². The topological polar surface area (TPSA) is 20.2 Å². The molecule has 4 heteroatoms. The summed E-state index contributed by atoms with van der Waals surface area (Å²) in [7, 11) is 0. The molecule has 0 spiro atoms. The molecule has 1 rings (SSSR count). The molecule has 1 unspecified atom stereocenters. The predicted octanol–water partition coefficient (Wildman–Crippen LogP) is 3.39. The van der Waals surface area contributed by atoms with Gasteiger partial charge in [-0.1, -0.05) is 29.3 Å². The third kappa shape index (κ3) is 3.06. The van der Waals surface area contributed by atoms with Gasteiger partial charge in [0.1, 0.15) is 0 Å². The van der Waals surface area contributed by atoms with Crippen LogP contribution in [0.3, 0.4) is 0 Å². The molecule has 0 saturated carbocycles. The monoisotopic (exact) mass is 236 g/mol. The molecule has 0 bridgehead atoms. The summed E-state index contributed by atoms with van der Waals surface area (Å²) in [4.78, 5) is 0. The summed E-state index contributed by atoms with van der Waals surface area (Å²) in [5.41, 5.74) is 0.736. The quantitative estimate of drug-likeness (QED) is 0.869. The number of aliphatic hydroxyl groups is 1. The van der Waals surface area contributed by atoms with E-state index in [2.05, 4.69) is 0 Å². The lowest BCUT2D eigenvalue weighted by Crippen LogP contribution is -2.00. The Bertz CT molecular complexity index is 291. The molecule has 1 aromatic carbocycles. The van der Waals surface area contributed by atoms with E-state index >= 15 is 0 Å². The minimum Gasteiger partial charge on any atom is -0.387 e. The van der Waals surface area contributed by atoms with Gasteiger partial charge in [-0.15, -0.1) is 0 Å². The van der Waals surface area contributed by atoms with Crippen molar-refractivity contribution in [1.29, 1.82) is 0 Å². The highest BCUT2D eigenvalue weighted by Gasteiger charge is 2.10. The Labute approximate surface area is 92.1 Å². The molecule has 0 heterocycles. The SMILES string of the molecule is CSCC(O)c1ccc(Cl)cc1Cl. The maximum absolute atomic E-state index is 9.64. The van der Waals surface area contributed by atoms with Gasteiger partial charge in [-0.3, -0.25) is 0 Å². The molecule has 1 aromatic rings.